The molecule has 1 aliphatic heterocycles. The number of carbonyl (C=O) groups is 1. The van der Waals surface area contributed by atoms with Gasteiger partial charge in [0.05, 0.1) is 0 Å². The SMILES string of the molecule is CCCC(=O)N1CC=C(c2ccccc2)CC1. The quantitative estimate of drug-likeness (QED) is 0.780. The molecule has 1 aromatic carbocycles. The Morgan fingerprint density at radius 2 is 2.06 bits per heavy atom. The molecule has 2 rings (SSSR count). The Hall–Kier alpha value is -1.57. The van der Waals surface area contributed by atoms with Crippen molar-refractivity contribution in [3.63, 3.8) is 0 Å². The van der Waals surface area contributed by atoms with Crippen molar-refractivity contribution in [1.82, 2.24) is 4.90 Å². The van der Waals surface area contributed by atoms with Gasteiger partial charge in [-0.1, -0.05) is 43.3 Å². The number of benzene rings is 1. The third-order valence-electron chi connectivity index (χ3n) is 3.17. The van der Waals surface area contributed by atoms with E-state index in [1.54, 1.807) is 0 Å². The Labute approximate surface area is 103 Å². The second kappa shape index (κ2) is 5.67. The van der Waals surface area contributed by atoms with Gasteiger partial charge >= 0.3 is 0 Å². The summed E-state index contributed by atoms with van der Waals surface area (Å²) in [4.78, 5) is 13.7. The Kier molecular flexibility index (Phi) is 3.97. The van der Waals surface area contributed by atoms with Crippen molar-refractivity contribution in [3.8, 4) is 0 Å². The molecule has 0 spiro atoms. The third-order valence-corrected chi connectivity index (χ3v) is 3.17. The van der Waals surface area contributed by atoms with Crippen LogP contribution in [0.3, 0.4) is 0 Å². The molecule has 1 heterocycles. The molecular weight excluding hydrogens is 210 g/mol. The largest absolute Gasteiger partial charge is 0.339 e. The minimum absolute atomic E-state index is 0.288. The van der Waals surface area contributed by atoms with Gasteiger partial charge in [-0.3, -0.25) is 4.79 Å². The van der Waals surface area contributed by atoms with Crippen LogP contribution < -0.4 is 0 Å². The first-order valence-electron chi connectivity index (χ1n) is 6.33. The fourth-order valence-electron chi connectivity index (χ4n) is 2.18. The molecule has 0 aromatic heterocycles. The zero-order valence-electron chi connectivity index (χ0n) is 10.4. The molecule has 1 aliphatic rings. The highest BCUT2D eigenvalue weighted by atomic mass is 16.2. The van der Waals surface area contributed by atoms with Gasteiger partial charge in [0.15, 0.2) is 0 Å². The first kappa shape index (κ1) is 11.9. The highest BCUT2D eigenvalue weighted by Gasteiger charge is 2.16. The van der Waals surface area contributed by atoms with Crippen LogP contribution in [0.15, 0.2) is 36.4 Å². The molecule has 0 saturated carbocycles. The predicted molar refractivity (Wildman–Crippen MR) is 70.5 cm³/mol. The van der Waals surface area contributed by atoms with E-state index in [9.17, 15) is 4.79 Å². The van der Waals surface area contributed by atoms with E-state index in [0.717, 1.165) is 25.9 Å². The van der Waals surface area contributed by atoms with E-state index in [2.05, 4.69) is 30.3 Å². The van der Waals surface area contributed by atoms with Crippen molar-refractivity contribution in [2.45, 2.75) is 26.2 Å². The van der Waals surface area contributed by atoms with Crippen molar-refractivity contribution >= 4 is 11.5 Å². The van der Waals surface area contributed by atoms with Crippen molar-refractivity contribution in [3.05, 3.63) is 42.0 Å². The summed E-state index contributed by atoms with van der Waals surface area (Å²) in [6.07, 6.45) is 4.77. The van der Waals surface area contributed by atoms with Gasteiger partial charge in [-0.25, -0.2) is 0 Å². The maximum Gasteiger partial charge on any atom is 0.222 e. The summed E-state index contributed by atoms with van der Waals surface area (Å²) in [5.74, 6) is 0.288. The van der Waals surface area contributed by atoms with E-state index in [-0.39, 0.29) is 5.91 Å². The Morgan fingerprint density at radius 3 is 2.65 bits per heavy atom. The minimum atomic E-state index is 0.288. The van der Waals surface area contributed by atoms with Crippen LogP contribution in [0.25, 0.3) is 5.57 Å². The fourth-order valence-corrected chi connectivity index (χ4v) is 2.18. The maximum atomic E-state index is 11.7. The van der Waals surface area contributed by atoms with Gasteiger partial charge in [0, 0.05) is 19.5 Å². The van der Waals surface area contributed by atoms with Gasteiger partial charge in [0.1, 0.15) is 0 Å². The number of hydrogen-bond acceptors (Lipinski definition) is 1. The molecule has 2 heteroatoms. The molecule has 0 aliphatic carbocycles. The first-order chi connectivity index (χ1) is 8.31. The van der Waals surface area contributed by atoms with Gasteiger partial charge in [-0.15, -0.1) is 0 Å². The van der Waals surface area contributed by atoms with Crippen LogP contribution in [0.5, 0.6) is 0 Å². The summed E-state index contributed by atoms with van der Waals surface area (Å²) in [7, 11) is 0. The number of hydrogen-bond donors (Lipinski definition) is 0. The molecular formula is C15H19NO. The van der Waals surface area contributed by atoms with E-state index in [1.807, 2.05) is 17.9 Å². The normalized spacial score (nSPS) is 15.6. The van der Waals surface area contributed by atoms with E-state index < -0.39 is 0 Å². The Morgan fingerprint density at radius 1 is 1.29 bits per heavy atom. The molecule has 2 nitrogen and oxygen atoms in total. The van der Waals surface area contributed by atoms with Crippen LogP contribution in [-0.4, -0.2) is 23.9 Å². The monoisotopic (exact) mass is 229 g/mol. The summed E-state index contributed by atoms with van der Waals surface area (Å²) >= 11 is 0. The van der Waals surface area contributed by atoms with Crippen LogP contribution in [-0.2, 0) is 4.79 Å². The second-order valence-corrected chi connectivity index (χ2v) is 4.44. The first-order valence-corrected chi connectivity index (χ1v) is 6.33. The average molecular weight is 229 g/mol. The highest BCUT2D eigenvalue weighted by Crippen LogP contribution is 2.22. The number of rotatable bonds is 3. The molecule has 0 bridgehead atoms. The smallest absolute Gasteiger partial charge is 0.222 e. The van der Waals surface area contributed by atoms with Crippen molar-refractivity contribution in [1.29, 1.82) is 0 Å². The average Bonchev–Trinajstić information content (AvgIpc) is 2.40. The summed E-state index contributed by atoms with van der Waals surface area (Å²) in [6.45, 7) is 3.68. The van der Waals surface area contributed by atoms with Gasteiger partial charge in [0.25, 0.3) is 0 Å². The van der Waals surface area contributed by atoms with Gasteiger partial charge in [-0.2, -0.15) is 0 Å². The fraction of sp³-hybridized carbons (Fsp3) is 0.400. The lowest BCUT2D eigenvalue weighted by Gasteiger charge is -2.26. The topological polar surface area (TPSA) is 20.3 Å². The van der Waals surface area contributed by atoms with Crippen LogP contribution in [0, 0.1) is 0 Å². The number of nitrogens with zero attached hydrogens (tertiary/aromatic N) is 1. The summed E-state index contributed by atoms with van der Waals surface area (Å²) < 4.78 is 0. The molecule has 0 fully saturated rings. The molecule has 0 radical (unpaired) electrons. The standard InChI is InChI=1S/C15H19NO/c1-2-6-15(17)16-11-9-14(10-12-16)13-7-4-3-5-8-13/h3-5,7-9H,2,6,10-12H2,1H3. The molecule has 0 saturated heterocycles. The maximum absolute atomic E-state index is 11.7. The van der Waals surface area contributed by atoms with Crippen molar-refractivity contribution < 1.29 is 4.79 Å². The summed E-state index contributed by atoms with van der Waals surface area (Å²) in [6, 6.07) is 10.4. The van der Waals surface area contributed by atoms with Crippen molar-refractivity contribution in [2.24, 2.45) is 0 Å². The molecule has 0 atom stereocenters. The van der Waals surface area contributed by atoms with Gasteiger partial charge in [-0.05, 0) is 24.0 Å². The molecule has 90 valence electrons. The lowest BCUT2D eigenvalue weighted by molar-refractivity contribution is -0.130. The van der Waals surface area contributed by atoms with E-state index in [1.165, 1.54) is 11.1 Å². The van der Waals surface area contributed by atoms with E-state index in [4.69, 9.17) is 0 Å². The minimum Gasteiger partial charge on any atom is -0.339 e. The lowest BCUT2D eigenvalue weighted by Crippen LogP contribution is -2.34. The molecule has 1 amide bonds. The molecule has 17 heavy (non-hydrogen) atoms. The number of carbonyl (C=O) groups excluding carboxylic acids is 1. The van der Waals surface area contributed by atoms with Gasteiger partial charge < -0.3 is 4.90 Å². The zero-order valence-corrected chi connectivity index (χ0v) is 10.4. The second-order valence-electron chi connectivity index (χ2n) is 4.44. The van der Waals surface area contributed by atoms with Crippen LogP contribution in [0.1, 0.15) is 31.7 Å². The predicted octanol–water partition coefficient (Wildman–Crippen LogP) is 3.10. The number of amides is 1. The van der Waals surface area contributed by atoms with Crippen LogP contribution in [0.4, 0.5) is 0 Å². The zero-order chi connectivity index (χ0) is 12.1. The Bertz CT molecular complexity index is 408. The molecule has 0 N–H and O–H groups in total. The summed E-state index contributed by atoms with van der Waals surface area (Å²) in [5, 5.41) is 0. The highest BCUT2D eigenvalue weighted by molar-refractivity contribution is 5.78. The molecule has 0 unspecified atom stereocenters. The summed E-state index contributed by atoms with van der Waals surface area (Å²) in [5.41, 5.74) is 2.65. The van der Waals surface area contributed by atoms with Crippen molar-refractivity contribution in [2.75, 3.05) is 13.1 Å². The Balaban J connectivity index is 2.00. The third kappa shape index (κ3) is 2.96. The lowest BCUT2D eigenvalue weighted by atomic mass is 9.99. The van der Waals surface area contributed by atoms with E-state index >= 15 is 0 Å². The van der Waals surface area contributed by atoms with Crippen LogP contribution >= 0.6 is 0 Å². The van der Waals surface area contributed by atoms with Gasteiger partial charge in [0.2, 0.25) is 5.91 Å². The van der Waals surface area contributed by atoms with E-state index in [0.29, 0.717) is 6.42 Å². The molecule has 1 aromatic rings. The van der Waals surface area contributed by atoms with Crippen LogP contribution in [0.2, 0.25) is 0 Å².